The summed E-state index contributed by atoms with van der Waals surface area (Å²) in [6, 6.07) is 13.1. The third kappa shape index (κ3) is 5.99. The molecule has 0 aliphatic carbocycles. The summed E-state index contributed by atoms with van der Waals surface area (Å²) in [6.45, 7) is 4.67. The second kappa shape index (κ2) is 11.2. The Balaban J connectivity index is 1.44. The first-order valence-electron chi connectivity index (χ1n) is 12.2. The van der Waals surface area contributed by atoms with Crippen molar-refractivity contribution in [2.45, 2.75) is 44.9 Å². The van der Waals surface area contributed by atoms with Crippen LogP contribution in [0.5, 0.6) is 11.5 Å². The van der Waals surface area contributed by atoms with E-state index in [2.05, 4.69) is 0 Å². The van der Waals surface area contributed by atoms with Gasteiger partial charge < -0.3 is 35.5 Å². The summed E-state index contributed by atoms with van der Waals surface area (Å²) in [4.78, 5) is 16.4. The summed E-state index contributed by atoms with van der Waals surface area (Å²) in [6.07, 6.45) is 1.47. The molecule has 0 aromatic heterocycles. The Morgan fingerprint density at radius 1 is 0.972 bits per heavy atom. The van der Waals surface area contributed by atoms with Crippen molar-refractivity contribution < 1.29 is 19.0 Å². The van der Waals surface area contributed by atoms with Crippen molar-refractivity contribution in [1.29, 1.82) is 10.8 Å². The molecule has 10 nitrogen and oxygen atoms in total. The predicted molar refractivity (Wildman–Crippen MR) is 136 cm³/mol. The molecule has 0 saturated carbocycles. The van der Waals surface area contributed by atoms with E-state index in [9.17, 15) is 4.79 Å². The number of piperidine rings is 1. The highest BCUT2D eigenvalue weighted by Gasteiger charge is 2.26. The van der Waals surface area contributed by atoms with E-state index in [0.717, 1.165) is 30.4 Å². The van der Waals surface area contributed by atoms with Crippen LogP contribution in [0, 0.1) is 10.8 Å². The lowest BCUT2D eigenvalue weighted by Gasteiger charge is -2.32. The fraction of sp³-hybridized carbons (Fsp3) is 0.423. The number of nitrogens with one attached hydrogen (secondary N) is 2. The lowest BCUT2D eigenvalue weighted by atomic mass is 9.99. The molecule has 2 aromatic rings. The molecular weight excluding hydrogens is 460 g/mol. The van der Waals surface area contributed by atoms with Gasteiger partial charge in [-0.25, -0.2) is 4.79 Å². The number of carbonyl (C=O) groups is 1. The number of benzene rings is 2. The van der Waals surface area contributed by atoms with E-state index in [4.69, 9.17) is 36.5 Å². The maximum atomic E-state index is 12.8. The largest absolute Gasteiger partial charge is 0.490 e. The molecule has 6 N–H and O–H groups in total. The number of esters is 1. The van der Waals surface area contributed by atoms with Gasteiger partial charge in [0.25, 0.3) is 0 Å². The first kappa shape index (κ1) is 25.2. The van der Waals surface area contributed by atoms with Crippen molar-refractivity contribution in [2.75, 3.05) is 26.2 Å². The highest BCUT2D eigenvalue weighted by molar-refractivity contribution is 5.77. The predicted octanol–water partition coefficient (Wildman–Crippen LogP) is 2.36. The van der Waals surface area contributed by atoms with Gasteiger partial charge in [-0.15, -0.1) is 0 Å². The molecular formula is C26H34N6O4. The van der Waals surface area contributed by atoms with Gasteiger partial charge in [-0.2, -0.15) is 0 Å². The van der Waals surface area contributed by atoms with Gasteiger partial charge in [0.2, 0.25) is 6.10 Å². The zero-order valence-electron chi connectivity index (χ0n) is 20.5. The number of nitrogens with zero attached hydrogens (tertiary/aromatic N) is 2. The summed E-state index contributed by atoms with van der Waals surface area (Å²) in [5.41, 5.74) is 14.1. The number of ether oxygens (including phenoxy) is 3. The van der Waals surface area contributed by atoms with Crippen LogP contribution >= 0.6 is 0 Å². The minimum atomic E-state index is -0.909. The smallest absolute Gasteiger partial charge is 0.352 e. The van der Waals surface area contributed by atoms with Gasteiger partial charge in [-0.1, -0.05) is 18.2 Å². The molecule has 1 fully saturated rings. The second-order valence-electron chi connectivity index (χ2n) is 9.00. The fourth-order valence-electron chi connectivity index (χ4n) is 4.54. The van der Waals surface area contributed by atoms with Crippen LogP contribution in [0.25, 0.3) is 0 Å². The van der Waals surface area contributed by atoms with Crippen LogP contribution in [0.15, 0.2) is 42.5 Å². The topological polar surface area (TPSA) is 151 Å². The maximum Gasteiger partial charge on any atom is 0.352 e. The molecule has 10 heteroatoms. The molecule has 4 rings (SSSR count). The zero-order valence-corrected chi connectivity index (χ0v) is 20.5. The van der Waals surface area contributed by atoms with Crippen molar-refractivity contribution in [3.63, 3.8) is 0 Å². The van der Waals surface area contributed by atoms with E-state index < -0.39 is 12.1 Å². The summed E-state index contributed by atoms with van der Waals surface area (Å²) < 4.78 is 17.5. The van der Waals surface area contributed by atoms with Gasteiger partial charge in [0.1, 0.15) is 17.6 Å². The molecule has 0 bridgehead atoms. The highest BCUT2D eigenvalue weighted by Crippen LogP contribution is 2.29. The number of carbonyl (C=O) groups excluding carboxylic acids is 1. The van der Waals surface area contributed by atoms with E-state index in [1.807, 2.05) is 52.3 Å². The Labute approximate surface area is 211 Å². The third-order valence-electron chi connectivity index (χ3n) is 6.55. The molecule has 1 atom stereocenters. The minimum absolute atomic E-state index is 0.0537. The van der Waals surface area contributed by atoms with Crippen LogP contribution in [-0.4, -0.2) is 60.0 Å². The number of rotatable bonds is 7. The summed E-state index contributed by atoms with van der Waals surface area (Å²) in [5.74, 6) is 1.01. The average molecular weight is 495 g/mol. The van der Waals surface area contributed by atoms with E-state index in [1.165, 1.54) is 0 Å². The molecule has 0 radical (unpaired) electrons. The van der Waals surface area contributed by atoms with Gasteiger partial charge in [0.05, 0.1) is 6.61 Å². The number of fused-ring (bicyclic) bond motifs is 1. The van der Waals surface area contributed by atoms with Crippen molar-refractivity contribution in [3.8, 4) is 11.5 Å². The molecule has 2 aliphatic heterocycles. The Morgan fingerprint density at radius 2 is 1.64 bits per heavy atom. The molecule has 2 aliphatic rings. The van der Waals surface area contributed by atoms with Gasteiger partial charge in [-0.3, -0.25) is 10.8 Å². The highest BCUT2D eigenvalue weighted by atomic mass is 16.6. The molecule has 1 saturated heterocycles. The zero-order chi connectivity index (χ0) is 25.7. The van der Waals surface area contributed by atoms with Crippen molar-refractivity contribution >= 4 is 17.9 Å². The monoisotopic (exact) mass is 494 g/mol. The Kier molecular flexibility index (Phi) is 7.82. The Hall–Kier alpha value is -3.95. The summed E-state index contributed by atoms with van der Waals surface area (Å²) in [5, 5.41) is 15.2. The first-order chi connectivity index (χ1) is 17.3. The molecule has 2 heterocycles. The minimum Gasteiger partial charge on any atom is -0.490 e. The number of hydrogen-bond donors (Lipinski definition) is 4. The lowest BCUT2D eigenvalue weighted by Crippen LogP contribution is -2.44. The maximum absolute atomic E-state index is 12.8. The average Bonchev–Trinajstić information content (AvgIpc) is 2.88. The normalized spacial score (nSPS) is 16.6. The van der Waals surface area contributed by atoms with Crippen molar-refractivity contribution in [2.24, 2.45) is 11.5 Å². The van der Waals surface area contributed by atoms with Gasteiger partial charge in [0, 0.05) is 44.6 Å². The molecule has 2 aromatic carbocycles. The molecule has 0 amide bonds. The third-order valence-corrected chi connectivity index (χ3v) is 6.55. The van der Waals surface area contributed by atoms with Crippen molar-refractivity contribution in [1.82, 2.24) is 9.80 Å². The molecule has 36 heavy (non-hydrogen) atoms. The van der Waals surface area contributed by atoms with Crippen LogP contribution in [0.2, 0.25) is 0 Å². The second-order valence-corrected chi connectivity index (χ2v) is 9.00. The Morgan fingerprint density at radius 3 is 2.28 bits per heavy atom. The van der Waals surface area contributed by atoms with Crippen LogP contribution in [0.4, 0.5) is 0 Å². The summed E-state index contributed by atoms with van der Waals surface area (Å²) in [7, 11) is 0. The van der Waals surface area contributed by atoms with Gasteiger partial charge in [0.15, 0.2) is 11.9 Å². The van der Waals surface area contributed by atoms with E-state index in [0.29, 0.717) is 43.2 Å². The van der Waals surface area contributed by atoms with Crippen molar-refractivity contribution in [3.05, 3.63) is 59.2 Å². The first-order valence-corrected chi connectivity index (χ1v) is 12.2. The lowest BCUT2D eigenvalue weighted by molar-refractivity contribution is -0.151. The fourth-order valence-corrected chi connectivity index (χ4v) is 4.54. The van der Waals surface area contributed by atoms with Gasteiger partial charge in [-0.05, 0) is 48.7 Å². The van der Waals surface area contributed by atoms with Crippen LogP contribution in [0.1, 0.15) is 42.6 Å². The van der Waals surface area contributed by atoms with E-state index in [-0.39, 0.29) is 24.6 Å². The number of nitrogens with two attached hydrogens (primary N) is 2. The standard InChI is InChI=1S/C26H34N6O4/c1-2-34-24(33)23(36-22-8-5-19-16-32(26(29)30)12-9-18(19)15-22)17-3-6-20(7-4-17)35-21-10-13-31(14-11-21)25(27)28/h3-8,15,21,23H,2,9-14,16H2,1H3,(H3,27,28)(H3,29,30). The quantitative estimate of drug-likeness (QED) is 0.260. The van der Waals surface area contributed by atoms with Gasteiger partial charge >= 0.3 is 5.97 Å². The number of hydrogen-bond acceptors (Lipinski definition) is 6. The Bertz CT molecular complexity index is 1100. The molecule has 192 valence electrons. The number of guanidine groups is 2. The van der Waals surface area contributed by atoms with Crippen LogP contribution in [0.3, 0.4) is 0 Å². The summed E-state index contributed by atoms with van der Waals surface area (Å²) >= 11 is 0. The molecule has 1 unspecified atom stereocenters. The van der Waals surface area contributed by atoms with E-state index >= 15 is 0 Å². The van der Waals surface area contributed by atoms with Crippen LogP contribution in [-0.2, 0) is 22.5 Å². The molecule has 0 spiro atoms. The van der Waals surface area contributed by atoms with Crippen LogP contribution < -0.4 is 20.9 Å². The number of likely N-dealkylation sites (tertiary alicyclic amines) is 1. The van der Waals surface area contributed by atoms with E-state index in [1.54, 1.807) is 6.92 Å². The SMILES string of the molecule is CCOC(=O)C(Oc1ccc2c(c1)CCN(C(=N)N)C2)c1ccc(OC2CCN(C(=N)N)CC2)cc1.